The topological polar surface area (TPSA) is 61.4 Å². The molecule has 0 bridgehead atoms. The third-order valence-corrected chi connectivity index (χ3v) is 3.87. The van der Waals surface area contributed by atoms with E-state index in [0.29, 0.717) is 5.92 Å². The van der Waals surface area contributed by atoms with E-state index >= 15 is 0 Å². The summed E-state index contributed by atoms with van der Waals surface area (Å²) in [4.78, 5) is 12.1. The molecule has 1 rings (SSSR count). The lowest BCUT2D eigenvalue weighted by molar-refractivity contribution is -0.130. The summed E-state index contributed by atoms with van der Waals surface area (Å²) in [5.41, 5.74) is -0.178. The molecule has 0 spiro atoms. The lowest BCUT2D eigenvalue weighted by atomic mass is 9.83. The van der Waals surface area contributed by atoms with Crippen LogP contribution in [0.2, 0.25) is 0 Å². The normalized spacial score (nSPS) is 25.8. The number of carbonyl (C=O) groups excluding carboxylic acids is 1. The molecule has 1 saturated heterocycles. The van der Waals surface area contributed by atoms with E-state index in [1.54, 1.807) is 0 Å². The van der Waals surface area contributed by atoms with E-state index in [1.807, 2.05) is 6.92 Å². The lowest BCUT2D eigenvalue weighted by Gasteiger charge is -2.25. The van der Waals surface area contributed by atoms with Crippen molar-refractivity contribution in [3.05, 3.63) is 0 Å². The van der Waals surface area contributed by atoms with Gasteiger partial charge in [-0.1, -0.05) is 13.8 Å². The molecule has 0 saturated carbocycles. The third-order valence-electron chi connectivity index (χ3n) is 3.87. The van der Waals surface area contributed by atoms with Crippen molar-refractivity contribution in [3.8, 4) is 0 Å². The maximum atomic E-state index is 12.1. The molecule has 0 radical (unpaired) electrons. The summed E-state index contributed by atoms with van der Waals surface area (Å²) >= 11 is 0. The predicted octanol–water partition coefficient (Wildman–Crippen LogP) is 0.901. The van der Waals surface area contributed by atoms with Gasteiger partial charge in [-0.05, 0) is 38.1 Å². The van der Waals surface area contributed by atoms with Crippen LogP contribution < -0.4 is 10.6 Å². The molecule has 3 N–H and O–H groups in total. The molecule has 0 aromatic carbocycles. The molecule has 100 valence electrons. The van der Waals surface area contributed by atoms with E-state index in [-0.39, 0.29) is 17.9 Å². The predicted molar refractivity (Wildman–Crippen MR) is 68.7 cm³/mol. The standard InChI is InChI=1S/C13H26N2O2/c1-3-13(6-8-14-10-13)12(17)15-7-4-5-11(2)9-16/h11,14,16H,3-10H2,1-2H3,(H,15,17). The number of hydrogen-bond acceptors (Lipinski definition) is 3. The van der Waals surface area contributed by atoms with Crippen LogP contribution in [0.4, 0.5) is 0 Å². The molecule has 4 nitrogen and oxygen atoms in total. The number of hydrogen-bond donors (Lipinski definition) is 3. The van der Waals surface area contributed by atoms with Crippen molar-refractivity contribution in [1.29, 1.82) is 0 Å². The third kappa shape index (κ3) is 3.96. The highest BCUT2D eigenvalue weighted by atomic mass is 16.3. The second kappa shape index (κ2) is 6.97. The van der Waals surface area contributed by atoms with Crippen LogP contribution in [0.3, 0.4) is 0 Å². The number of amides is 1. The summed E-state index contributed by atoms with van der Waals surface area (Å²) in [6.07, 6.45) is 3.76. The number of aliphatic hydroxyl groups is 1. The van der Waals surface area contributed by atoms with Crippen molar-refractivity contribution >= 4 is 5.91 Å². The minimum Gasteiger partial charge on any atom is -0.396 e. The molecule has 1 amide bonds. The van der Waals surface area contributed by atoms with Crippen LogP contribution in [-0.2, 0) is 4.79 Å². The zero-order valence-corrected chi connectivity index (χ0v) is 11.1. The Balaban J connectivity index is 2.24. The number of nitrogens with one attached hydrogen (secondary N) is 2. The first-order valence-corrected chi connectivity index (χ1v) is 6.74. The van der Waals surface area contributed by atoms with Crippen molar-refractivity contribution in [1.82, 2.24) is 10.6 Å². The van der Waals surface area contributed by atoms with Crippen molar-refractivity contribution in [2.75, 3.05) is 26.2 Å². The molecule has 2 atom stereocenters. The molecule has 0 aliphatic carbocycles. The van der Waals surface area contributed by atoms with Crippen molar-refractivity contribution in [2.45, 2.75) is 39.5 Å². The molecule has 1 heterocycles. The molecule has 2 unspecified atom stereocenters. The lowest BCUT2D eigenvalue weighted by Crippen LogP contribution is -2.42. The Morgan fingerprint density at radius 1 is 1.59 bits per heavy atom. The van der Waals surface area contributed by atoms with Gasteiger partial charge in [-0.25, -0.2) is 0 Å². The van der Waals surface area contributed by atoms with Gasteiger partial charge >= 0.3 is 0 Å². The molecule has 1 aliphatic rings. The first kappa shape index (κ1) is 14.5. The van der Waals surface area contributed by atoms with E-state index in [0.717, 1.165) is 45.3 Å². The second-order valence-electron chi connectivity index (χ2n) is 5.25. The Hall–Kier alpha value is -0.610. The summed E-state index contributed by atoms with van der Waals surface area (Å²) in [6, 6.07) is 0. The maximum absolute atomic E-state index is 12.1. The van der Waals surface area contributed by atoms with Gasteiger partial charge in [0.1, 0.15) is 0 Å². The van der Waals surface area contributed by atoms with Gasteiger partial charge in [0.2, 0.25) is 5.91 Å². The fraction of sp³-hybridized carbons (Fsp3) is 0.923. The van der Waals surface area contributed by atoms with Crippen LogP contribution in [0.1, 0.15) is 39.5 Å². The quantitative estimate of drug-likeness (QED) is 0.581. The van der Waals surface area contributed by atoms with Gasteiger partial charge in [0.25, 0.3) is 0 Å². The first-order chi connectivity index (χ1) is 8.14. The Bertz CT molecular complexity index is 238. The highest BCUT2D eigenvalue weighted by Gasteiger charge is 2.38. The van der Waals surface area contributed by atoms with E-state index in [4.69, 9.17) is 5.11 Å². The van der Waals surface area contributed by atoms with E-state index in [1.165, 1.54) is 0 Å². The average molecular weight is 242 g/mol. The van der Waals surface area contributed by atoms with Crippen LogP contribution >= 0.6 is 0 Å². The van der Waals surface area contributed by atoms with Crippen LogP contribution in [0.25, 0.3) is 0 Å². The summed E-state index contributed by atoms with van der Waals surface area (Å²) in [7, 11) is 0. The molecule has 0 aromatic heterocycles. The minimum absolute atomic E-state index is 0.178. The molecular formula is C13H26N2O2. The maximum Gasteiger partial charge on any atom is 0.227 e. The fourth-order valence-electron chi connectivity index (χ4n) is 2.33. The Morgan fingerprint density at radius 3 is 2.88 bits per heavy atom. The largest absolute Gasteiger partial charge is 0.396 e. The van der Waals surface area contributed by atoms with Gasteiger partial charge in [-0.15, -0.1) is 0 Å². The van der Waals surface area contributed by atoms with Gasteiger partial charge in [0.05, 0.1) is 5.41 Å². The highest BCUT2D eigenvalue weighted by Crippen LogP contribution is 2.29. The van der Waals surface area contributed by atoms with E-state index in [9.17, 15) is 4.79 Å². The van der Waals surface area contributed by atoms with E-state index in [2.05, 4.69) is 17.6 Å². The molecule has 17 heavy (non-hydrogen) atoms. The SMILES string of the molecule is CCC1(C(=O)NCCCC(C)CO)CCNC1. The first-order valence-electron chi connectivity index (χ1n) is 6.74. The zero-order valence-electron chi connectivity index (χ0n) is 11.1. The van der Waals surface area contributed by atoms with Crippen LogP contribution in [-0.4, -0.2) is 37.3 Å². The summed E-state index contributed by atoms with van der Waals surface area (Å²) in [6.45, 7) is 6.82. The van der Waals surface area contributed by atoms with Crippen molar-refractivity contribution in [2.24, 2.45) is 11.3 Å². The molecular weight excluding hydrogens is 216 g/mol. The number of rotatable bonds is 7. The van der Waals surface area contributed by atoms with Crippen LogP contribution in [0.15, 0.2) is 0 Å². The van der Waals surface area contributed by atoms with Gasteiger partial charge < -0.3 is 15.7 Å². The van der Waals surface area contributed by atoms with Crippen LogP contribution in [0, 0.1) is 11.3 Å². The van der Waals surface area contributed by atoms with Gasteiger partial charge in [-0.3, -0.25) is 4.79 Å². The number of carbonyl (C=O) groups is 1. The van der Waals surface area contributed by atoms with Crippen molar-refractivity contribution < 1.29 is 9.90 Å². The summed E-state index contributed by atoms with van der Waals surface area (Å²) in [5.74, 6) is 0.529. The second-order valence-corrected chi connectivity index (χ2v) is 5.25. The highest BCUT2D eigenvalue weighted by molar-refractivity contribution is 5.83. The Kier molecular flexibility index (Phi) is 5.92. The van der Waals surface area contributed by atoms with E-state index < -0.39 is 0 Å². The Morgan fingerprint density at radius 2 is 2.35 bits per heavy atom. The smallest absolute Gasteiger partial charge is 0.227 e. The molecule has 0 aromatic rings. The zero-order chi connectivity index (χ0) is 12.7. The Labute approximate surface area is 104 Å². The molecule has 1 aliphatic heterocycles. The summed E-state index contributed by atoms with van der Waals surface area (Å²) in [5, 5.41) is 15.2. The number of aliphatic hydroxyl groups excluding tert-OH is 1. The molecule has 1 fully saturated rings. The minimum atomic E-state index is -0.178. The molecule has 4 heteroatoms. The van der Waals surface area contributed by atoms with Gasteiger partial charge in [0, 0.05) is 19.7 Å². The van der Waals surface area contributed by atoms with Crippen molar-refractivity contribution in [3.63, 3.8) is 0 Å². The fourth-order valence-corrected chi connectivity index (χ4v) is 2.33. The van der Waals surface area contributed by atoms with Crippen LogP contribution in [0.5, 0.6) is 0 Å². The van der Waals surface area contributed by atoms with Gasteiger partial charge in [-0.2, -0.15) is 0 Å². The average Bonchev–Trinajstić information content (AvgIpc) is 2.83. The van der Waals surface area contributed by atoms with Gasteiger partial charge in [0.15, 0.2) is 0 Å². The summed E-state index contributed by atoms with van der Waals surface area (Å²) < 4.78 is 0. The monoisotopic (exact) mass is 242 g/mol.